The van der Waals surface area contributed by atoms with Crippen molar-refractivity contribution in [2.45, 2.75) is 9.10 Å². The van der Waals surface area contributed by atoms with E-state index in [1.807, 2.05) is 0 Å². The first-order valence-corrected chi connectivity index (χ1v) is 13.0. The molecule has 3 aromatic rings. The number of rotatable bonds is 7. The van der Waals surface area contributed by atoms with Gasteiger partial charge in [0.15, 0.2) is 0 Å². The van der Waals surface area contributed by atoms with Crippen molar-refractivity contribution in [3.05, 3.63) is 68.5 Å². The normalized spacial score (nSPS) is 11.8. The monoisotopic (exact) mass is 540 g/mol. The number of hydrogen-bond acceptors (Lipinski definition) is 6. The number of aromatic carboxylic acids is 1. The maximum absolute atomic E-state index is 12.8. The summed E-state index contributed by atoms with van der Waals surface area (Å²) in [5.74, 6) is -1.42. The fourth-order valence-electron chi connectivity index (χ4n) is 2.37. The van der Waals surface area contributed by atoms with E-state index in [4.69, 9.17) is 39.9 Å². The lowest BCUT2D eigenvalue weighted by Crippen LogP contribution is -2.17. The number of carboxylic acid groups (broad SMARTS) is 1. The molecule has 1 aromatic heterocycles. The van der Waals surface area contributed by atoms with E-state index < -0.39 is 36.5 Å². The van der Waals surface area contributed by atoms with Crippen LogP contribution in [0.15, 0.2) is 56.9 Å². The molecule has 14 heteroatoms. The molecular formula is C17H11Cl3N2O6S3. The Morgan fingerprint density at radius 2 is 1.42 bits per heavy atom. The molecule has 0 saturated heterocycles. The Kier molecular flexibility index (Phi) is 6.75. The molecule has 2 aromatic carbocycles. The van der Waals surface area contributed by atoms with Gasteiger partial charge in [0.2, 0.25) is 0 Å². The summed E-state index contributed by atoms with van der Waals surface area (Å²) in [5, 5.41) is 10.5. The van der Waals surface area contributed by atoms with Gasteiger partial charge < -0.3 is 5.11 Å². The van der Waals surface area contributed by atoms with Gasteiger partial charge in [0.1, 0.15) is 4.21 Å². The molecule has 0 aliphatic carbocycles. The molecule has 0 unspecified atom stereocenters. The molecule has 0 fully saturated rings. The molecule has 3 rings (SSSR count). The molecule has 8 nitrogen and oxygen atoms in total. The summed E-state index contributed by atoms with van der Waals surface area (Å²) in [7, 11) is -8.38. The second-order valence-electron chi connectivity index (χ2n) is 5.90. The van der Waals surface area contributed by atoms with Crippen molar-refractivity contribution in [1.29, 1.82) is 0 Å². The first kappa shape index (κ1) is 23.6. The van der Waals surface area contributed by atoms with Crippen LogP contribution >= 0.6 is 46.1 Å². The highest BCUT2D eigenvalue weighted by molar-refractivity contribution is 7.94. The molecule has 0 atom stereocenters. The lowest BCUT2D eigenvalue weighted by atomic mass is 10.2. The Hall–Kier alpha value is -2.02. The largest absolute Gasteiger partial charge is 0.478 e. The number of benzene rings is 2. The van der Waals surface area contributed by atoms with Crippen LogP contribution < -0.4 is 9.44 Å². The van der Waals surface area contributed by atoms with Gasteiger partial charge in [-0.05, 0) is 41.8 Å². The van der Waals surface area contributed by atoms with Crippen molar-refractivity contribution >= 4 is 83.5 Å². The van der Waals surface area contributed by atoms with E-state index in [1.165, 1.54) is 12.1 Å². The maximum Gasteiger partial charge on any atom is 0.337 e. The summed E-state index contributed by atoms with van der Waals surface area (Å²) in [4.78, 5) is 10.8. The zero-order valence-corrected chi connectivity index (χ0v) is 19.7. The van der Waals surface area contributed by atoms with Crippen molar-refractivity contribution in [2.24, 2.45) is 0 Å². The SMILES string of the molecule is O=C(O)c1cc(S(=O)(=O)Nc2cc(Cl)c(Cl)cc2NS(=O)(=O)c2cccs2)ccc1Cl. The number of sulfonamides is 2. The Labute approximate surface area is 196 Å². The molecule has 0 radical (unpaired) electrons. The molecule has 0 aliphatic heterocycles. The van der Waals surface area contributed by atoms with Gasteiger partial charge in [-0.2, -0.15) is 0 Å². The molecule has 0 spiro atoms. The minimum atomic E-state index is -4.35. The minimum Gasteiger partial charge on any atom is -0.478 e. The Morgan fingerprint density at radius 1 is 0.839 bits per heavy atom. The van der Waals surface area contributed by atoms with Crippen molar-refractivity contribution in [3.8, 4) is 0 Å². The van der Waals surface area contributed by atoms with E-state index in [9.17, 15) is 21.6 Å². The van der Waals surface area contributed by atoms with E-state index in [1.54, 1.807) is 5.38 Å². The van der Waals surface area contributed by atoms with Gasteiger partial charge >= 0.3 is 5.97 Å². The molecule has 3 N–H and O–H groups in total. The number of anilines is 2. The quantitative estimate of drug-likeness (QED) is 0.386. The fraction of sp³-hybridized carbons (Fsp3) is 0. The van der Waals surface area contributed by atoms with Crippen molar-refractivity contribution in [2.75, 3.05) is 9.44 Å². The lowest BCUT2D eigenvalue weighted by molar-refractivity contribution is 0.0697. The van der Waals surface area contributed by atoms with Gasteiger partial charge in [-0.25, -0.2) is 21.6 Å². The van der Waals surface area contributed by atoms with E-state index in [2.05, 4.69) is 9.44 Å². The van der Waals surface area contributed by atoms with Crippen LogP contribution in [0, 0.1) is 0 Å². The third-order valence-corrected chi connectivity index (χ3v) is 8.97. The predicted octanol–water partition coefficient (Wildman–Crippen LogP) is 5.01. The summed E-state index contributed by atoms with van der Waals surface area (Å²) in [6.07, 6.45) is 0. The lowest BCUT2D eigenvalue weighted by Gasteiger charge is -2.16. The first-order valence-electron chi connectivity index (χ1n) is 8.02. The minimum absolute atomic E-state index is 0.00354. The van der Waals surface area contributed by atoms with Crippen LogP contribution in [0.2, 0.25) is 15.1 Å². The zero-order valence-electron chi connectivity index (χ0n) is 15.0. The van der Waals surface area contributed by atoms with Crippen LogP contribution in [-0.4, -0.2) is 27.9 Å². The standard InChI is InChI=1S/C17H11Cl3N2O6S3/c18-11-4-3-9(6-10(11)17(23)24)30(25,26)21-14-7-12(19)13(20)8-15(14)22-31(27,28)16-2-1-5-29-16/h1-8,21-22H,(H,23,24). The summed E-state index contributed by atoms with van der Waals surface area (Å²) in [6, 6.07) is 8.28. The second-order valence-corrected chi connectivity index (χ2v) is 11.7. The van der Waals surface area contributed by atoms with Gasteiger partial charge in [-0.15, -0.1) is 11.3 Å². The smallest absolute Gasteiger partial charge is 0.337 e. The van der Waals surface area contributed by atoms with E-state index >= 15 is 0 Å². The molecule has 1 heterocycles. The molecule has 0 aliphatic rings. The number of thiophene rings is 1. The van der Waals surface area contributed by atoms with Crippen molar-refractivity contribution in [1.82, 2.24) is 0 Å². The second kappa shape index (κ2) is 8.85. The first-order chi connectivity index (χ1) is 14.4. The highest BCUT2D eigenvalue weighted by atomic mass is 35.5. The topological polar surface area (TPSA) is 130 Å². The zero-order chi connectivity index (χ0) is 23.0. The van der Waals surface area contributed by atoms with Gasteiger partial charge in [-0.1, -0.05) is 40.9 Å². The number of carboxylic acids is 1. The number of hydrogen-bond donors (Lipinski definition) is 3. The third-order valence-electron chi connectivity index (χ3n) is 3.79. The molecule has 164 valence electrons. The fourth-order valence-corrected chi connectivity index (χ4v) is 6.05. The summed E-state index contributed by atoms with van der Waals surface area (Å²) < 4.78 is 55.3. The maximum atomic E-state index is 12.8. The Bertz CT molecular complexity index is 1370. The van der Waals surface area contributed by atoms with Crippen LogP contribution in [0.5, 0.6) is 0 Å². The molecule has 31 heavy (non-hydrogen) atoms. The summed E-state index contributed by atoms with van der Waals surface area (Å²) >= 11 is 18.7. The Balaban J connectivity index is 2.04. The Morgan fingerprint density at radius 3 is 1.94 bits per heavy atom. The molecular weight excluding hydrogens is 531 g/mol. The average Bonchev–Trinajstić information content (AvgIpc) is 3.21. The van der Waals surface area contributed by atoms with Crippen LogP contribution in [0.4, 0.5) is 11.4 Å². The number of nitrogens with one attached hydrogen (secondary N) is 2. The van der Waals surface area contributed by atoms with Crippen LogP contribution in [0.25, 0.3) is 0 Å². The average molecular weight is 542 g/mol. The van der Waals surface area contributed by atoms with Crippen LogP contribution in [0.1, 0.15) is 10.4 Å². The molecule has 0 bridgehead atoms. The summed E-state index contributed by atoms with van der Waals surface area (Å²) in [6.45, 7) is 0. The third kappa shape index (κ3) is 5.25. The van der Waals surface area contributed by atoms with E-state index in [0.29, 0.717) is 0 Å². The van der Waals surface area contributed by atoms with E-state index in [-0.39, 0.29) is 30.7 Å². The van der Waals surface area contributed by atoms with Crippen molar-refractivity contribution < 1.29 is 26.7 Å². The van der Waals surface area contributed by atoms with Crippen LogP contribution in [0.3, 0.4) is 0 Å². The number of carbonyl (C=O) groups is 1. The summed E-state index contributed by atoms with van der Waals surface area (Å²) in [5.41, 5.74) is -0.822. The predicted molar refractivity (Wildman–Crippen MR) is 121 cm³/mol. The molecule has 0 saturated carbocycles. The van der Waals surface area contributed by atoms with Crippen LogP contribution in [-0.2, 0) is 20.0 Å². The number of halogens is 3. The van der Waals surface area contributed by atoms with Crippen molar-refractivity contribution in [3.63, 3.8) is 0 Å². The molecule has 0 amide bonds. The highest BCUT2D eigenvalue weighted by Crippen LogP contribution is 2.36. The van der Waals surface area contributed by atoms with Gasteiger partial charge in [0.25, 0.3) is 20.0 Å². The van der Waals surface area contributed by atoms with Gasteiger partial charge in [0, 0.05) is 0 Å². The highest BCUT2D eigenvalue weighted by Gasteiger charge is 2.23. The van der Waals surface area contributed by atoms with E-state index in [0.717, 1.165) is 41.7 Å². The van der Waals surface area contributed by atoms with Gasteiger partial charge in [0.05, 0.1) is 36.9 Å². The van der Waals surface area contributed by atoms with Gasteiger partial charge in [-0.3, -0.25) is 9.44 Å².